The molecule has 0 amide bonds. The van der Waals surface area contributed by atoms with E-state index in [0.29, 0.717) is 11.6 Å². The SMILES string of the molecule is [2H]B([3H])CSO[C@H](/C=C\C=CC#CC)[C@@H](C)CCCCC. The van der Waals surface area contributed by atoms with Gasteiger partial charge >= 0.3 is 0 Å². The Hall–Kier alpha value is -0.585. The van der Waals surface area contributed by atoms with E-state index in [-0.39, 0.29) is 6.10 Å². The Kier molecular flexibility index (Phi) is 10.8. The molecule has 0 aliphatic rings. The van der Waals surface area contributed by atoms with E-state index in [1.54, 1.807) is 0 Å². The van der Waals surface area contributed by atoms with Crippen molar-refractivity contribution in [1.82, 2.24) is 0 Å². The quantitative estimate of drug-likeness (QED) is 0.186. The fourth-order valence-corrected chi connectivity index (χ4v) is 2.17. The second-order valence-corrected chi connectivity index (χ2v) is 5.22. The minimum absolute atomic E-state index is 0.0184. The number of allylic oxidation sites excluding steroid dienone is 3. The van der Waals surface area contributed by atoms with Gasteiger partial charge < -0.3 is 4.18 Å². The van der Waals surface area contributed by atoms with Gasteiger partial charge in [-0.3, -0.25) is 0 Å². The van der Waals surface area contributed by atoms with Crippen molar-refractivity contribution in [3.63, 3.8) is 0 Å². The smallest absolute Gasteiger partial charge is 0.117 e. The second-order valence-electron chi connectivity index (χ2n) is 4.46. The van der Waals surface area contributed by atoms with E-state index >= 15 is 0 Å². The van der Waals surface area contributed by atoms with Gasteiger partial charge in [-0.25, -0.2) is 0 Å². The van der Waals surface area contributed by atoms with Gasteiger partial charge in [0.05, 0.1) is 6.10 Å². The molecule has 0 unspecified atom stereocenters. The molecule has 0 aromatic carbocycles. The first-order valence-corrected chi connectivity index (χ1v) is 7.91. The van der Waals surface area contributed by atoms with Crippen LogP contribution in [-0.2, 0) is 4.18 Å². The molecule has 0 heterocycles. The fourth-order valence-electron chi connectivity index (χ4n) is 1.68. The molecule has 0 radical (unpaired) electrons. The van der Waals surface area contributed by atoms with E-state index in [4.69, 9.17) is 6.85 Å². The topological polar surface area (TPSA) is 9.23 Å². The molecule has 0 aliphatic heterocycles. The van der Waals surface area contributed by atoms with E-state index in [0.717, 1.165) is 6.42 Å². The fraction of sp³-hybridized carbons (Fsp3) is 0.625. The van der Waals surface area contributed by atoms with E-state index in [1.165, 1.54) is 31.3 Å². The maximum atomic E-state index is 7.20. The Balaban J connectivity index is 4.39. The van der Waals surface area contributed by atoms with E-state index in [9.17, 15) is 0 Å². The van der Waals surface area contributed by atoms with Crippen LogP contribution in [-0.4, -0.2) is 22.2 Å². The minimum atomic E-state index is -0.838. The molecule has 0 aromatic rings. The second kappa shape index (κ2) is 13.8. The van der Waals surface area contributed by atoms with Crippen molar-refractivity contribution in [1.29, 1.82) is 2.67 Å². The molecule has 0 bridgehead atoms. The summed E-state index contributed by atoms with van der Waals surface area (Å²) in [6.07, 6.45) is 12.6. The molecular weight excluding hydrogens is 251 g/mol. The van der Waals surface area contributed by atoms with Crippen LogP contribution in [0.25, 0.3) is 0 Å². The number of unbranched alkanes of at least 4 members (excludes halogenated alkanes) is 2. The summed E-state index contributed by atoms with van der Waals surface area (Å²) in [4.78, 5) is 0. The summed E-state index contributed by atoms with van der Waals surface area (Å²) in [5.74, 6) is 6.12. The Morgan fingerprint density at radius 2 is 2.37 bits per heavy atom. The first kappa shape index (κ1) is 14.8. The third-order valence-electron chi connectivity index (χ3n) is 2.81. The molecule has 1 nitrogen and oxygen atoms in total. The first-order valence-electron chi connectivity index (χ1n) is 8.15. The van der Waals surface area contributed by atoms with Gasteiger partial charge in [-0.15, -0.1) is 5.92 Å². The highest BCUT2D eigenvalue weighted by molar-refractivity contribution is 7.95. The monoisotopic (exact) mass is 281 g/mol. The lowest BCUT2D eigenvalue weighted by Gasteiger charge is -2.20. The molecule has 19 heavy (non-hydrogen) atoms. The Labute approximate surface area is 127 Å². The van der Waals surface area contributed by atoms with Crippen LogP contribution in [0.1, 0.15) is 46.5 Å². The third kappa shape index (κ3) is 11.0. The van der Waals surface area contributed by atoms with Gasteiger partial charge in [-0.1, -0.05) is 57.3 Å². The summed E-state index contributed by atoms with van der Waals surface area (Å²) in [6.45, 7) is 6.21. The van der Waals surface area contributed by atoms with Gasteiger partial charge in [0.25, 0.3) is 0 Å². The predicted octanol–water partition coefficient (Wildman–Crippen LogP) is 3.96. The van der Waals surface area contributed by atoms with Crippen LogP contribution < -0.4 is 0 Å². The lowest BCUT2D eigenvalue weighted by Crippen LogP contribution is -2.17. The van der Waals surface area contributed by atoms with Crippen LogP contribution in [0, 0.1) is 17.8 Å². The van der Waals surface area contributed by atoms with Crippen molar-refractivity contribution >= 4 is 19.8 Å². The maximum absolute atomic E-state index is 7.20. The van der Waals surface area contributed by atoms with Crippen LogP contribution in [0.5, 0.6) is 0 Å². The number of hydrogen-bond acceptors (Lipinski definition) is 2. The predicted molar refractivity (Wildman–Crippen MR) is 90.9 cm³/mol. The van der Waals surface area contributed by atoms with Gasteiger partial charge in [-0.2, -0.15) is 0 Å². The van der Waals surface area contributed by atoms with Gasteiger partial charge in [0.2, 0.25) is 0 Å². The highest BCUT2D eigenvalue weighted by Crippen LogP contribution is 2.21. The van der Waals surface area contributed by atoms with Crippen molar-refractivity contribution < 1.29 is 4.18 Å². The van der Waals surface area contributed by atoms with Crippen molar-refractivity contribution in [3.05, 3.63) is 24.3 Å². The molecule has 0 N–H and O–H groups in total. The van der Waals surface area contributed by atoms with Gasteiger partial charge in [0.15, 0.2) is 0 Å². The lowest BCUT2D eigenvalue weighted by atomic mass is 9.97. The minimum Gasteiger partial charge on any atom is -0.308 e. The first-order chi connectivity index (χ1) is 10.1. The molecule has 0 aromatic heterocycles. The van der Waals surface area contributed by atoms with Crippen LogP contribution in [0.15, 0.2) is 24.3 Å². The van der Waals surface area contributed by atoms with Crippen molar-refractivity contribution in [2.45, 2.75) is 52.6 Å². The van der Waals surface area contributed by atoms with E-state index in [2.05, 4.69) is 25.7 Å². The Bertz CT molecular complexity index is 361. The average Bonchev–Trinajstić information content (AvgIpc) is 2.45. The number of hydrogen-bond donors (Lipinski definition) is 0. The molecule has 0 saturated carbocycles. The Morgan fingerprint density at radius 1 is 1.53 bits per heavy atom. The van der Waals surface area contributed by atoms with Crippen LogP contribution >= 0.6 is 12.0 Å². The zero-order chi connectivity index (χ0) is 15.9. The van der Waals surface area contributed by atoms with E-state index in [1.807, 2.05) is 31.2 Å². The summed E-state index contributed by atoms with van der Waals surface area (Å²) in [5.41, 5.74) is 0.378. The van der Waals surface area contributed by atoms with Crippen LogP contribution in [0.2, 0.25) is 0 Å². The largest absolute Gasteiger partial charge is 0.308 e. The normalized spacial score (nSPS) is 15.7. The highest BCUT2D eigenvalue weighted by Gasteiger charge is 2.14. The summed E-state index contributed by atoms with van der Waals surface area (Å²) in [7, 11) is -0.838. The van der Waals surface area contributed by atoms with Crippen LogP contribution in [0.4, 0.5) is 0 Å². The zero-order valence-electron chi connectivity index (χ0n) is 14.4. The van der Waals surface area contributed by atoms with Crippen molar-refractivity contribution in [2.24, 2.45) is 5.92 Å². The van der Waals surface area contributed by atoms with Gasteiger partial charge in [0.1, 0.15) is 7.77 Å². The number of rotatable bonds is 11. The molecule has 0 aliphatic carbocycles. The summed E-state index contributed by atoms with van der Waals surface area (Å²) in [5, 5.41) is 0. The average molecular weight is 281 g/mol. The molecule has 0 fully saturated rings. The summed E-state index contributed by atoms with van der Waals surface area (Å²) >= 11 is 1.23. The van der Waals surface area contributed by atoms with Gasteiger partial charge in [-0.05, 0) is 45.7 Å². The molecular formula is C16H27BOS. The van der Waals surface area contributed by atoms with Crippen LogP contribution in [0.3, 0.4) is 0 Å². The molecule has 0 rings (SSSR count). The molecule has 3 heteroatoms. The molecule has 0 saturated heterocycles. The highest BCUT2D eigenvalue weighted by atomic mass is 32.2. The molecule has 2 atom stereocenters. The molecule has 106 valence electrons. The molecule has 0 spiro atoms. The van der Waals surface area contributed by atoms with Crippen molar-refractivity contribution in [2.75, 3.05) is 5.65 Å². The zero-order valence-corrected chi connectivity index (χ0v) is 13.2. The van der Waals surface area contributed by atoms with Gasteiger partial charge in [0, 0.05) is 0 Å². The summed E-state index contributed by atoms with van der Waals surface area (Å²) in [6, 6.07) is 0. The van der Waals surface area contributed by atoms with E-state index < -0.39 is 7.77 Å². The van der Waals surface area contributed by atoms with Crippen molar-refractivity contribution in [3.8, 4) is 11.8 Å². The lowest BCUT2D eigenvalue weighted by molar-refractivity contribution is 0.212. The third-order valence-corrected chi connectivity index (χ3v) is 3.30. The summed E-state index contributed by atoms with van der Waals surface area (Å²) < 4.78 is 20.2. The maximum Gasteiger partial charge on any atom is 0.117 e. The standard InChI is InChI=1S/C16H27BOS/c1-4-6-8-9-11-13-16(18-19-14-17)15(3)12-10-7-5-2/h8-9,11,13,15-16H,5,7,10,12,14,17H2,1-3H3/b9-8?,13-11-/t15-,16+/m0/s1/i17TD. The Morgan fingerprint density at radius 3 is 3.05 bits per heavy atom.